The lowest BCUT2D eigenvalue weighted by atomic mass is 9.92. The molecule has 104 valence electrons. The molecule has 2 N–H and O–H groups in total. The van der Waals surface area contributed by atoms with Crippen molar-refractivity contribution in [1.82, 2.24) is 4.90 Å². The molecule has 4 nitrogen and oxygen atoms in total. The summed E-state index contributed by atoms with van der Waals surface area (Å²) in [6, 6.07) is 6.75. The van der Waals surface area contributed by atoms with E-state index in [2.05, 4.69) is 0 Å². The first-order valence-electron chi connectivity index (χ1n) is 6.80. The van der Waals surface area contributed by atoms with Crippen molar-refractivity contribution in [1.29, 1.82) is 0 Å². The van der Waals surface area contributed by atoms with Crippen molar-refractivity contribution in [2.75, 3.05) is 13.1 Å². The third-order valence-corrected chi connectivity index (χ3v) is 3.87. The maximum atomic E-state index is 12.1. The van der Waals surface area contributed by atoms with Gasteiger partial charge in [-0.15, -0.1) is 0 Å². The van der Waals surface area contributed by atoms with Gasteiger partial charge >= 0.3 is 0 Å². The van der Waals surface area contributed by atoms with E-state index in [0.29, 0.717) is 12.3 Å². The van der Waals surface area contributed by atoms with Gasteiger partial charge in [0.25, 0.3) is 0 Å². The standard InChI is InChI=1S/C15H21NO3/c1-11(17)13-6-8-16(9-7-13)15(19)10-12-2-4-14(18)5-3-12/h2-5,11,13,17-18H,6-10H2,1H3. The second-order valence-corrected chi connectivity index (χ2v) is 5.30. The van der Waals surface area contributed by atoms with Gasteiger partial charge in [0, 0.05) is 13.1 Å². The molecule has 19 heavy (non-hydrogen) atoms. The van der Waals surface area contributed by atoms with Gasteiger partial charge < -0.3 is 15.1 Å². The SMILES string of the molecule is CC(O)C1CCN(C(=O)Cc2ccc(O)cc2)CC1. The topological polar surface area (TPSA) is 60.8 Å². The highest BCUT2D eigenvalue weighted by atomic mass is 16.3. The molecule has 1 saturated heterocycles. The lowest BCUT2D eigenvalue weighted by molar-refractivity contribution is -0.132. The largest absolute Gasteiger partial charge is 0.508 e. The van der Waals surface area contributed by atoms with Crippen LogP contribution in [-0.2, 0) is 11.2 Å². The fraction of sp³-hybridized carbons (Fsp3) is 0.533. The monoisotopic (exact) mass is 263 g/mol. The van der Waals surface area contributed by atoms with Crippen LogP contribution in [0.3, 0.4) is 0 Å². The van der Waals surface area contributed by atoms with E-state index in [0.717, 1.165) is 31.5 Å². The predicted molar refractivity (Wildman–Crippen MR) is 72.8 cm³/mol. The number of carbonyl (C=O) groups excluding carboxylic acids is 1. The van der Waals surface area contributed by atoms with E-state index in [-0.39, 0.29) is 17.8 Å². The zero-order chi connectivity index (χ0) is 13.8. The van der Waals surface area contributed by atoms with Crippen molar-refractivity contribution in [3.05, 3.63) is 29.8 Å². The molecule has 1 fully saturated rings. The summed E-state index contributed by atoms with van der Waals surface area (Å²) in [7, 11) is 0. The Hall–Kier alpha value is -1.55. The van der Waals surface area contributed by atoms with Gasteiger partial charge in [-0.1, -0.05) is 12.1 Å². The number of piperidine rings is 1. The van der Waals surface area contributed by atoms with Gasteiger partial charge in [-0.25, -0.2) is 0 Å². The second-order valence-electron chi connectivity index (χ2n) is 5.30. The Bertz CT molecular complexity index is 420. The fourth-order valence-electron chi connectivity index (χ4n) is 2.53. The molecule has 1 aliphatic rings. The molecule has 1 aliphatic heterocycles. The minimum Gasteiger partial charge on any atom is -0.508 e. The van der Waals surface area contributed by atoms with Crippen LogP contribution in [0.5, 0.6) is 5.75 Å². The Kier molecular flexibility index (Phi) is 4.43. The van der Waals surface area contributed by atoms with E-state index in [4.69, 9.17) is 0 Å². The Morgan fingerprint density at radius 1 is 1.32 bits per heavy atom. The van der Waals surface area contributed by atoms with Crippen LogP contribution < -0.4 is 0 Å². The Balaban J connectivity index is 1.86. The molecule has 0 spiro atoms. The van der Waals surface area contributed by atoms with E-state index in [9.17, 15) is 15.0 Å². The van der Waals surface area contributed by atoms with Crippen molar-refractivity contribution < 1.29 is 15.0 Å². The van der Waals surface area contributed by atoms with Crippen LogP contribution in [0.25, 0.3) is 0 Å². The van der Waals surface area contributed by atoms with Crippen LogP contribution in [0.4, 0.5) is 0 Å². The van der Waals surface area contributed by atoms with Gasteiger partial charge in [-0.3, -0.25) is 4.79 Å². The lowest BCUT2D eigenvalue weighted by Gasteiger charge is -2.33. The first kappa shape index (κ1) is 13.9. The molecule has 1 aromatic carbocycles. The molecule has 1 atom stereocenters. The van der Waals surface area contributed by atoms with Crippen LogP contribution in [-0.4, -0.2) is 40.2 Å². The summed E-state index contributed by atoms with van der Waals surface area (Å²) in [5.74, 6) is 0.654. The number of hydrogen-bond donors (Lipinski definition) is 2. The molecule has 0 aliphatic carbocycles. The summed E-state index contributed by atoms with van der Waals surface area (Å²) < 4.78 is 0. The highest BCUT2D eigenvalue weighted by molar-refractivity contribution is 5.78. The van der Waals surface area contributed by atoms with Crippen molar-refractivity contribution in [3.63, 3.8) is 0 Å². The highest BCUT2D eigenvalue weighted by Crippen LogP contribution is 2.21. The van der Waals surface area contributed by atoms with Crippen LogP contribution in [0.15, 0.2) is 24.3 Å². The number of phenolic OH excluding ortho intramolecular Hbond substituents is 1. The molecule has 1 unspecified atom stereocenters. The third kappa shape index (κ3) is 3.70. The zero-order valence-electron chi connectivity index (χ0n) is 11.2. The van der Waals surface area contributed by atoms with E-state index in [1.54, 1.807) is 24.3 Å². The maximum absolute atomic E-state index is 12.1. The van der Waals surface area contributed by atoms with Crippen LogP contribution in [0.2, 0.25) is 0 Å². The quantitative estimate of drug-likeness (QED) is 0.870. The number of benzene rings is 1. The second kappa shape index (κ2) is 6.06. The lowest BCUT2D eigenvalue weighted by Crippen LogP contribution is -2.41. The van der Waals surface area contributed by atoms with Crippen molar-refractivity contribution in [2.45, 2.75) is 32.3 Å². The molecule has 1 amide bonds. The number of phenols is 1. The molecule has 0 aromatic heterocycles. The van der Waals surface area contributed by atoms with Crippen LogP contribution in [0.1, 0.15) is 25.3 Å². The number of aromatic hydroxyl groups is 1. The number of likely N-dealkylation sites (tertiary alicyclic amines) is 1. The molecule has 1 aromatic rings. The van der Waals surface area contributed by atoms with E-state index in [1.165, 1.54) is 0 Å². The number of rotatable bonds is 3. The molecule has 2 rings (SSSR count). The highest BCUT2D eigenvalue weighted by Gasteiger charge is 2.25. The number of nitrogens with zero attached hydrogens (tertiary/aromatic N) is 1. The summed E-state index contributed by atoms with van der Waals surface area (Å²) in [4.78, 5) is 14.0. The first-order valence-corrected chi connectivity index (χ1v) is 6.80. The molecular weight excluding hydrogens is 242 g/mol. The maximum Gasteiger partial charge on any atom is 0.226 e. The average molecular weight is 263 g/mol. The number of aliphatic hydroxyl groups is 1. The van der Waals surface area contributed by atoms with Gasteiger partial charge in [0.05, 0.1) is 12.5 Å². The molecule has 0 saturated carbocycles. The van der Waals surface area contributed by atoms with Gasteiger partial charge in [-0.2, -0.15) is 0 Å². The number of aliphatic hydroxyl groups excluding tert-OH is 1. The fourth-order valence-corrected chi connectivity index (χ4v) is 2.53. The number of carbonyl (C=O) groups is 1. The summed E-state index contributed by atoms with van der Waals surface area (Å²) in [6.45, 7) is 3.28. The summed E-state index contributed by atoms with van der Waals surface area (Å²) >= 11 is 0. The van der Waals surface area contributed by atoms with Gasteiger partial charge in [0.15, 0.2) is 0 Å². The van der Waals surface area contributed by atoms with Gasteiger partial charge in [-0.05, 0) is 43.4 Å². The van der Waals surface area contributed by atoms with Crippen LogP contribution in [0, 0.1) is 5.92 Å². The van der Waals surface area contributed by atoms with E-state index < -0.39 is 0 Å². The molecule has 4 heteroatoms. The average Bonchev–Trinajstić information content (AvgIpc) is 2.41. The molecule has 0 radical (unpaired) electrons. The Labute approximate surface area is 113 Å². The smallest absolute Gasteiger partial charge is 0.226 e. The molecule has 1 heterocycles. The van der Waals surface area contributed by atoms with Crippen molar-refractivity contribution >= 4 is 5.91 Å². The third-order valence-electron chi connectivity index (χ3n) is 3.87. The summed E-state index contributed by atoms with van der Waals surface area (Å²) in [5, 5.41) is 18.7. The first-order chi connectivity index (χ1) is 9.06. The predicted octanol–water partition coefficient (Wildman–Crippen LogP) is 1.55. The Morgan fingerprint density at radius 2 is 1.89 bits per heavy atom. The van der Waals surface area contributed by atoms with E-state index >= 15 is 0 Å². The zero-order valence-corrected chi connectivity index (χ0v) is 11.2. The van der Waals surface area contributed by atoms with Crippen molar-refractivity contribution in [3.8, 4) is 5.75 Å². The van der Waals surface area contributed by atoms with Gasteiger partial charge in [0.2, 0.25) is 5.91 Å². The summed E-state index contributed by atoms with van der Waals surface area (Å²) in [5.41, 5.74) is 0.917. The molecule has 0 bridgehead atoms. The minimum atomic E-state index is -0.283. The number of hydrogen-bond acceptors (Lipinski definition) is 3. The molecular formula is C15H21NO3. The normalized spacial score (nSPS) is 18.3. The number of amides is 1. The van der Waals surface area contributed by atoms with Crippen molar-refractivity contribution in [2.24, 2.45) is 5.92 Å². The summed E-state index contributed by atoms with van der Waals surface area (Å²) in [6.07, 6.45) is 1.84. The van der Waals surface area contributed by atoms with E-state index in [1.807, 2.05) is 11.8 Å². The van der Waals surface area contributed by atoms with Gasteiger partial charge in [0.1, 0.15) is 5.75 Å². The minimum absolute atomic E-state index is 0.120. The Morgan fingerprint density at radius 3 is 2.42 bits per heavy atom. The van der Waals surface area contributed by atoms with Crippen LogP contribution >= 0.6 is 0 Å².